The first-order chi connectivity index (χ1) is 13.5. The fourth-order valence-corrected chi connectivity index (χ4v) is 4.21. The molecule has 0 radical (unpaired) electrons. The summed E-state index contributed by atoms with van der Waals surface area (Å²) in [5, 5.41) is 0.474. The lowest BCUT2D eigenvalue weighted by atomic mass is 9.78. The van der Waals surface area contributed by atoms with Crippen molar-refractivity contribution in [1.29, 1.82) is 0 Å². The smallest absolute Gasteiger partial charge is 0.166 e. The fraction of sp³-hybridized carbons (Fsp3) is 0.250. The lowest BCUT2D eigenvalue weighted by Gasteiger charge is -2.27. The van der Waals surface area contributed by atoms with Crippen LogP contribution in [0.1, 0.15) is 37.2 Å². The molecule has 1 fully saturated rings. The van der Waals surface area contributed by atoms with Crippen LogP contribution in [0.15, 0.2) is 55.1 Å². The summed E-state index contributed by atoms with van der Waals surface area (Å²) in [4.78, 5) is 0. The Labute approximate surface area is 161 Å². The third-order valence-corrected chi connectivity index (χ3v) is 5.84. The summed E-state index contributed by atoms with van der Waals surface area (Å²) in [5.74, 6) is -2.56. The topological polar surface area (TPSA) is 0 Å². The molecule has 0 nitrogen and oxygen atoms in total. The number of rotatable bonds is 3. The zero-order chi connectivity index (χ0) is 19.8. The molecule has 3 aromatic carbocycles. The van der Waals surface area contributed by atoms with Crippen LogP contribution >= 0.6 is 0 Å². The molecule has 0 saturated heterocycles. The van der Waals surface area contributed by atoms with E-state index in [4.69, 9.17) is 0 Å². The maximum atomic E-state index is 14.8. The molecular formula is C24H20F4. The molecule has 1 saturated carbocycles. The number of benzene rings is 3. The van der Waals surface area contributed by atoms with Crippen molar-refractivity contribution < 1.29 is 17.6 Å². The zero-order valence-corrected chi connectivity index (χ0v) is 15.3. The van der Waals surface area contributed by atoms with Gasteiger partial charge in [0, 0.05) is 5.39 Å². The Hall–Kier alpha value is -2.62. The van der Waals surface area contributed by atoms with E-state index >= 15 is 0 Å². The summed E-state index contributed by atoms with van der Waals surface area (Å²) in [7, 11) is 0. The number of allylic oxidation sites excluding steroid dienone is 1. The van der Waals surface area contributed by atoms with E-state index in [-0.39, 0.29) is 16.9 Å². The molecule has 0 N–H and O–H groups in total. The number of hydrogen-bond acceptors (Lipinski definition) is 0. The predicted molar refractivity (Wildman–Crippen MR) is 104 cm³/mol. The van der Waals surface area contributed by atoms with Gasteiger partial charge in [-0.3, -0.25) is 0 Å². The maximum absolute atomic E-state index is 14.8. The molecule has 4 heteroatoms. The summed E-state index contributed by atoms with van der Waals surface area (Å²) in [6.45, 7) is 3.82. The van der Waals surface area contributed by atoms with Crippen molar-refractivity contribution in [3.8, 4) is 11.1 Å². The monoisotopic (exact) mass is 384 g/mol. The Morgan fingerprint density at radius 1 is 0.786 bits per heavy atom. The molecule has 144 valence electrons. The Kier molecular flexibility index (Phi) is 4.96. The first-order valence-corrected chi connectivity index (χ1v) is 9.47. The van der Waals surface area contributed by atoms with E-state index in [1.54, 1.807) is 0 Å². The predicted octanol–water partition coefficient (Wildman–Crippen LogP) is 7.52. The second-order valence-electron chi connectivity index (χ2n) is 7.50. The highest BCUT2D eigenvalue weighted by Gasteiger charge is 2.23. The molecule has 28 heavy (non-hydrogen) atoms. The third-order valence-electron chi connectivity index (χ3n) is 5.84. The number of fused-ring (bicyclic) bond motifs is 1. The van der Waals surface area contributed by atoms with Crippen LogP contribution in [0, 0.1) is 29.2 Å². The van der Waals surface area contributed by atoms with Gasteiger partial charge in [-0.2, -0.15) is 0 Å². The molecule has 0 aromatic heterocycles. The molecule has 0 bridgehead atoms. The fourth-order valence-electron chi connectivity index (χ4n) is 4.21. The van der Waals surface area contributed by atoms with Crippen molar-refractivity contribution in [2.75, 3.05) is 0 Å². The van der Waals surface area contributed by atoms with Crippen LogP contribution in [0.2, 0.25) is 0 Å². The summed E-state index contributed by atoms with van der Waals surface area (Å²) < 4.78 is 56.9. The molecule has 3 aromatic rings. The van der Waals surface area contributed by atoms with Crippen LogP contribution in [-0.2, 0) is 0 Å². The van der Waals surface area contributed by atoms with Gasteiger partial charge in [0.15, 0.2) is 11.6 Å². The van der Waals surface area contributed by atoms with Gasteiger partial charge in [-0.25, -0.2) is 17.6 Å². The average molecular weight is 384 g/mol. The number of halogens is 4. The lowest BCUT2D eigenvalue weighted by Crippen LogP contribution is -2.12. The van der Waals surface area contributed by atoms with Crippen LogP contribution in [0.25, 0.3) is 21.9 Å². The van der Waals surface area contributed by atoms with Crippen molar-refractivity contribution >= 4 is 10.8 Å². The van der Waals surface area contributed by atoms with Gasteiger partial charge in [0.25, 0.3) is 0 Å². The highest BCUT2D eigenvalue weighted by molar-refractivity contribution is 5.88. The van der Waals surface area contributed by atoms with E-state index in [9.17, 15) is 17.6 Å². The van der Waals surface area contributed by atoms with Crippen LogP contribution in [0.5, 0.6) is 0 Å². The molecular weight excluding hydrogens is 364 g/mol. The van der Waals surface area contributed by atoms with Gasteiger partial charge in [0.1, 0.15) is 11.6 Å². The lowest BCUT2D eigenvalue weighted by molar-refractivity contribution is 0.374. The largest absolute Gasteiger partial charge is 0.206 e. The van der Waals surface area contributed by atoms with E-state index in [1.165, 1.54) is 36.4 Å². The first kappa shape index (κ1) is 18.7. The summed E-state index contributed by atoms with van der Waals surface area (Å²) >= 11 is 0. The van der Waals surface area contributed by atoms with Gasteiger partial charge >= 0.3 is 0 Å². The van der Waals surface area contributed by atoms with Crippen LogP contribution in [-0.4, -0.2) is 0 Å². The van der Waals surface area contributed by atoms with E-state index in [0.717, 1.165) is 31.7 Å². The van der Waals surface area contributed by atoms with Crippen molar-refractivity contribution in [2.24, 2.45) is 5.92 Å². The van der Waals surface area contributed by atoms with E-state index < -0.39 is 23.3 Å². The SMILES string of the molecule is C=CC1CCC(c2cc(F)c(-c3ccc4c(F)c(F)ccc4c3)c(F)c2)CC1. The van der Waals surface area contributed by atoms with Gasteiger partial charge in [-0.15, -0.1) is 6.58 Å². The Morgan fingerprint density at radius 3 is 2.11 bits per heavy atom. The minimum Gasteiger partial charge on any atom is -0.206 e. The molecule has 0 amide bonds. The Balaban J connectivity index is 1.70. The molecule has 0 heterocycles. The Morgan fingerprint density at radius 2 is 1.46 bits per heavy atom. The minimum absolute atomic E-state index is 0.0835. The van der Waals surface area contributed by atoms with Gasteiger partial charge in [0.05, 0.1) is 5.56 Å². The van der Waals surface area contributed by atoms with Crippen molar-refractivity contribution in [3.63, 3.8) is 0 Å². The van der Waals surface area contributed by atoms with Crippen molar-refractivity contribution in [3.05, 3.63) is 84.0 Å². The van der Waals surface area contributed by atoms with Gasteiger partial charge in [-0.1, -0.05) is 24.3 Å². The second kappa shape index (κ2) is 7.42. The van der Waals surface area contributed by atoms with Crippen LogP contribution in [0.4, 0.5) is 17.6 Å². The summed E-state index contributed by atoms with van der Waals surface area (Å²) in [6, 6.07) is 9.48. The van der Waals surface area contributed by atoms with E-state index in [0.29, 0.717) is 22.4 Å². The first-order valence-electron chi connectivity index (χ1n) is 9.47. The molecule has 0 spiro atoms. The molecule has 1 aliphatic rings. The van der Waals surface area contributed by atoms with Crippen molar-refractivity contribution in [1.82, 2.24) is 0 Å². The molecule has 1 aliphatic carbocycles. The quantitative estimate of drug-likeness (QED) is 0.323. The van der Waals surface area contributed by atoms with Crippen LogP contribution in [0.3, 0.4) is 0 Å². The molecule has 0 aliphatic heterocycles. The summed E-state index contributed by atoms with van der Waals surface area (Å²) in [5.41, 5.74) is 0.834. The third kappa shape index (κ3) is 3.32. The molecule has 4 rings (SSSR count). The highest BCUT2D eigenvalue weighted by atomic mass is 19.2. The highest BCUT2D eigenvalue weighted by Crippen LogP contribution is 2.39. The normalized spacial score (nSPS) is 19.7. The molecule has 0 unspecified atom stereocenters. The van der Waals surface area contributed by atoms with E-state index in [2.05, 4.69) is 6.58 Å². The zero-order valence-electron chi connectivity index (χ0n) is 15.3. The van der Waals surface area contributed by atoms with Crippen LogP contribution < -0.4 is 0 Å². The van der Waals surface area contributed by atoms with E-state index in [1.807, 2.05) is 6.08 Å². The summed E-state index contributed by atoms with van der Waals surface area (Å²) in [6.07, 6.45) is 5.68. The second-order valence-corrected chi connectivity index (χ2v) is 7.50. The Bertz CT molecular complexity index is 1020. The van der Waals surface area contributed by atoms with Gasteiger partial charge < -0.3 is 0 Å². The van der Waals surface area contributed by atoms with Gasteiger partial charge in [-0.05, 0) is 78.3 Å². The van der Waals surface area contributed by atoms with Gasteiger partial charge in [0.2, 0.25) is 0 Å². The molecule has 0 atom stereocenters. The average Bonchev–Trinajstić information content (AvgIpc) is 2.70. The van der Waals surface area contributed by atoms with Crippen molar-refractivity contribution in [2.45, 2.75) is 31.6 Å². The standard InChI is InChI=1S/C24H20F4/c1-2-14-3-5-15(6-4-14)18-12-21(26)23(22(27)13-18)17-7-9-19-16(11-17)8-10-20(25)24(19)28/h2,7-15H,1,3-6H2. The number of hydrogen-bond donors (Lipinski definition) is 0. The maximum Gasteiger partial charge on any atom is 0.166 e. The minimum atomic E-state index is -0.963.